The van der Waals surface area contributed by atoms with E-state index in [2.05, 4.69) is 64.3 Å². The minimum absolute atomic E-state index is 0.111. The fourth-order valence-electron chi connectivity index (χ4n) is 3.75. The first-order chi connectivity index (χ1) is 14.1. The number of likely N-dealkylation sites (tertiary alicyclic amines) is 1. The second-order valence-corrected chi connectivity index (χ2v) is 9.28. The molecule has 0 aliphatic carbocycles. The molecule has 1 aromatic heterocycles. The predicted octanol–water partition coefficient (Wildman–Crippen LogP) is 2.70. The lowest BCUT2D eigenvalue weighted by atomic mass is 9.80. The molecule has 0 saturated carbocycles. The predicted molar refractivity (Wildman–Crippen MR) is 131 cm³/mol. The fraction of sp³-hybridized carbons (Fsp3) is 0.600. The van der Waals surface area contributed by atoms with Crippen LogP contribution in [0.4, 0.5) is 0 Å². The lowest BCUT2D eigenvalue weighted by molar-refractivity contribution is -0.0384. The molecule has 1 fully saturated rings. The van der Waals surface area contributed by atoms with Crippen LogP contribution in [0.25, 0.3) is 0 Å². The van der Waals surface area contributed by atoms with Crippen LogP contribution in [0.2, 0.25) is 0 Å². The summed E-state index contributed by atoms with van der Waals surface area (Å²) in [5.41, 5.74) is 6.19. The van der Waals surface area contributed by atoms with Crippen LogP contribution in [0.3, 0.4) is 0 Å². The summed E-state index contributed by atoms with van der Waals surface area (Å²) in [5.74, 6) is 1.47. The van der Waals surface area contributed by atoms with Gasteiger partial charge in [-0.15, -0.1) is 0 Å². The Hall–Kier alpha value is -2.04. The molecule has 1 aliphatic heterocycles. The highest BCUT2D eigenvalue weighted by Gasteiger charge is 2.41. The van der Waals surface area contributed by atoms with Crippen molar-refractivity contribution >= 4 is 46.6 Å². The van der Waals surface area contributed by atoms with E-state index in [9.17, 15) is 0 Å². The highest BCUT2D eigenvalue weighted by Crippen LogP contribution is 2.39. The van der Waals surface area contributed by atoms with Gasteiger partial charge in [0.05, 0.1) is 12.8 Å². The van der Waals surface area contributed by atoms with Crippen molar-refractivity contribution in [1.82, 2.24) is 26.4 Å². The standard InChI is InChI=1S/C20H33N7OS2/c1-19(2)10-7-11-20(3,4)27(19)13-14-8-9-16(28-14)15(24-26-18(30)22-6)12-23-25-17(29)21-5/h8-9,12H,7,10-11,13H2,1-6H3,(H2,21,25,29)(H2,22,26,30)/b23-12+,24-15-. The van der Waals surface area contributed by atoms with Gasteiger partial charge in [-0.05, 0) is 83.5 Å². The highest BCUT2D eigenvalue weighted by atomic mass is 32.1. The van der Waals surface area contributed by atoms with Crippen molar-refractivity contribution in [3.05, 3.63) is 23.7 Å². The first kappa shape index (κ1) is 24.2. The largest absolute Gasteiger partial charge is 0.458 e. The summed E-state index contributed by atoms with van der Waals surface area (Å²) < 4.78 is 6.14. The molecule has 0 spiro atoms. The molecule has 0 amide bonds. The van der Waals surface area contributed by atoms with Crippen LogP contribution in [0.5, 0.6) is 0 Å². The van der Waals surface area contributed by atoms with Gasteiger partial charge in [0.25, 0.3) is 0 Å². The lowest BCUT2D eigenvalue weighted by Gasteiger charge is -2.52. The third-order valence-electron chi connectivity index (χ3n) is 5.35. The van der Waals surface area contributed by atoms with Gasteiger partial charge >= 0.3 is 0 Å². The van der Waals surface area contributed by atoms with Gasteiger partial charge in [0.1, 0.15) is 11.5 Å². The van der Waals surface area contributed by atoms with Gasteiger partial charge in [0.2, 0.25) is 0 Å². The van der Waals surface area contributed by atoms with Crippen molar-refractivity contribution in [3.8, 4) is 0 Å². The zero-order valence-corrected chi connectivity index (χ0v) is 20.3. The van der Waals surface area contributed by atoms with Gasteiger partial charge in [-0.3, -0.25) is 15.8 Å². The van der Waals surface area contributed by atoms with Crippen LogP contribution in [-0.4, -0.2) is 52.2 Å². The van der Waals surface area contributed by atoms with Gasteiger partial charge in [-0.25, -0.2) is 0 Å². The summed E-state index contributed by atoms with van der Waals surface area (Å²) >= 11 is 10.1. The Balaban J connectivity index is 2.23. The van der Waals surface area contributed by atoms with Gasteiger partial charge in [0, 0.05) is 25.2 Å². The maximum atomic E-state index is 6.14. The fourth-order valence-corrected chi connectivity index (χ4v) is 3.85. The highest BCUT2D eigenvalue weighted by molar-refractivity contribution is 7.80. The van der Waals surface area contributed by atoms with E-state index in [1.165, 1.54) is 25.5 Å². The van der Waals surface area contributed by atoms with E-state index in [0.717, 1.165) is 12.3 Å². The van der Waals surface area contributed by atoms with Crippen molar-refractivity contribution in [2.24, 2.45) is 10.2 Å². The first-order valence-corrected chi connectivity index (χ1v) is 10.8. The van der Waals surface area contributed by atoms with Gasteiger partial charge < -0.3 is 15.1 Å². The third-order valence-corrected chi connectivity index (χ3v) is 5.94. The molecule has 8 nitrogen and oxygen atoms in total. The summed E-state index contributed by atoms with van der Waals surface area (Å²) in [6, 6.07) is 3.88. The summed E-state index contributed by atoms with van der Waals surface area (Å²) in [6.45, 7) is 9.94. The van der Waals surface area contributed by atoms with Crippen LogP contribution in [0.15, 0.2) is 26.8 Å². The van der Waals surface area contributed by atoms with Crippen LogP contribution in [0, 0.1) is 0 Å². The molecule has 1 aliphatic rings. The molecule has 0 radical (unpaired) electrons. The van der Waals surface area contributed by atoms with E-state index in [1.807, 2.05) is 12.1 Å². The Kier molecular flexibility index (Phi) is 8.34. The molecule has 2 rings (SSSR count). The van der Waals surface area contributed by atoms with Crippen molar-refractivity contribution in [1.29, 1.82) is 0 Å². The Bertz CT molecular complexity index is 798. The van der Waals surface area contributed by atoms with Crippen LogP contribution < -0.4 is 21.5 Å². The number of rotatable bonds is 6. The van der Waals surface area contributed by atoms with Crippen LogP contribution in [-0.2, 0) is 6.54 Å². The van der Waals surface area contributed by atoms with Crippen LogP contribution in [0.1, 0.15) is 58.5 Å². The van der Waals surface area contributed by atoms with Gasteiger partial charge in [0.15, 0.2) is 16.0 Å². The number of hydrogen-bond acceptors (Lipinski definition) is 6. The van der Waals surface area contributed by atoms with Crippen molar-refractivity contribution in [2.75, 3.05) is 14.1 Å². The number of piperidine rings is 1. The van der Waals surface area contributed by atoms with E-state index in [1.54, 1.807) is 14.1 Å². The number of nitrogens with one attached hydrogen (secondary N) is 4. The van der Waals surface area contributed by atoms with Gasteiger partial charge in [-0.2, -0.15) is 10.2 Å². The summed E-state index contributed by atoms with van der Waals surface area (Å²) in [5, 5.41) is 14.8. The second kappa shape index (κ2) is 10.3. The molecule has 0 bridgehead atoms. The summed E-state index contributed by atoms with van der Waals surface area (Å²) in [4.78, 5) is 2.53. The van der Waals surface area contributed by atoms with E-state index in [-0.39, 0.29) is 11.1 Å². The first-order valence-electron chi connectivity index (χ1n) is 10.0. The molecule has 1 saturated heterocycles. The topological polar surface area (TPSA) is 89.2 Å². The molecule has 0 aromatic carbocycles. The Morgan fingerprint density at radius 3 is 2.27 bits per heavy atom. The minimum atomic E-state index is 0.111. The Morgan fingerprint density at radius 1 is 1.07 bits per heavy atom. The molecular weight excluding hydrogens is 418 g/mol. The van der Waals surface area contributed by atoms with E-state index in [4.69, 9.17) is 28.9 Å². The number of nitrogens with zero attached hydrogens (tertiary/aromatic N) is 3. The molecule has 30 heavy (non-hydrogen) atoms. The molecular formula is C20H33N7OS2. The molecule has 0 atom stereocenters. The van der Waals surface area contributed by atoms with E-state index in [0.29, 0.717) is 21.7 Å². The van der Waals surface area contributed by atoms with Crippen LogP contribution >= 0.6 is 24.4 Å². The average molecular weight is 452 g/mol. The van der Waals surface area contributed by atoms with E-state index >= 15 is 0 Å². The normalized spacial score (nSPS) is 18.8. The zero-order chi connectivity index (χ0) is 22.4. The number of hydrogen-bond donors (Lipinski definition) is 4. The number of thiocarbonyl (C=S) groups is 2. The maximum Gasteiger partial charge on any atom is 0.186 e. The molecule has 4 N–H and O–H groups in total. The second-order valence-electron chi connectivity index (χ2n) is 8.47. The van der Waals surface area contributed by atoms with Crippen molar-refractivity contribution < 1.29 is 4.42 Å². The molecule has 166 valence electrons. The van der Waals surface area contributed by atoms with Gasteiger partial charge in [-0.1, -0.05) is 0 Å². The van der Waals surface area contributed by atoms with Crippen molar-refractivity contribution in [3.63, 3.8) is 0 Å². The SMILES string of the molecule is CNC(=S)N/N=C(/C=N/NC(=S)NC)c1ccc(CN2C(C)(C)CCCC2(C)C)o1. The summed E-state index contributed by atoms with van der Waals surface area (Å²) in [6.07, 6.45) is 5.12. The van der Waals surface area contributed by atoms with E-state index < -0.39 is 0 Å². The maximum absolute atomic E-state index is 6.14. The van der Waals surface area contributed by atoms with Crippen molar-refractivity contribution in [2.45, 2.75) is 64.6 Å². The third kappa shape index (κ3) is 6.48. The Labute approximate surface area is 189 Å². The number of furan rings is 1. The Morgan fingerprint density at radius 2 is 1.67 bits per heavy atom. The smallest absolute Gasteiger partial charge is 0.186 e. The molecule has 1 aromatic rings. The summed E-state index contributed by atoms with van der Waals surface area (Å²) in [7, 11) is 3.44. The average Bonchev–Trinajstić information content (AvgIpc) is 3.15. The minimum Gasteiger partial charge on any atom is -0.458 e. The zero-order valence-electron chi connectivity index (χ0n) is 18.6. The molecule has 2 heterocycles. The monoisotopic (exact) mass is 451 g/mol. The quantitative estimate of drug-likeness (QED) is 0.298. The molecule has 0 unspecified atom stereocenters. The number of hydrazone groups is 2. The molecule has 10 heteroatoms. The lowest BCUT2D eigenvalue weighted by Crippen LogP contribution is -2.57.